The average molecular weight is 251 g/mol. The molecule has 0 saturated heterocycles. The number of aromatic nitrogens is 1. The molecule has 3 nitrogen and oxygen atoms in total. The first kappa shape index (κ1) is 15.7. The van der Waals surface area contributed by atoms with E-state index in [9.17, 15) is 0 Å². The van der Waals surface area contributed by atoms with Crippen LogP contribution in [0, 0.1) is 16.6 Å². The van der Waals surface area contributed by atoms with Crippen molar-refractivity contribution in [2.45, 2.75) is 26.8 Å². The van der Waals surface area contributed by atoms with Crippen LogP contribution in [0.4, 0.5) is 5.69 Å². The van der Waals surface area contributed by atoms with E-state index in [4.69, 9.17) is 5.26 Å². The summed E-state index contributed by atoms with van der Waals surface area (Å²) >= 11 is 3.70. The lowest BCUT2D eigenvalue weighted by Gasteiger charge is -2.11. The van der Waals surface area contributed by atoms with Crippen molar-refractivity contribution >= 4 is 18.3 Å². The minimum Gasteiger partial charge on any atom is -0.696 e. The summed E-state index contributed by atoms with van der Waals surface area (Å²) in [5, 5.41) is 8.47. The molecule has 0 fully saturated rings. The molecular formula is C13H21N3S. The van der Waals surface area contributed by atoms with Crippen molar-refractivity contribution in [3.63, 3.8) is 0 Å². The summed E-state index contributed by atoms with van der Waals surface area (Å²) in [5.74, 6) is 0.755. The van der Waals surface area contributed by atoms with Gasteiger partial charge in [0.1, 0.15) is 0 Å². The summed E-state index contributed by atoms with van der Waals surface area (Å²) in [7, 11) is 4.13. The van der Waals surface area contributed by atoms with E-state index < -0.39 is 0 Å². The molecule has 1 rings (SSSR count). The molecule has 1 aromatic rings. The average Bonchev–Trinajstić information content (AvgIpc) is 2.30. The van der Waals surface area contributed by atoms with Crippen LogP contribution >= 0.6 is 0 Å². The van der Waals surface area contributed by atoms with Crippen LogP contribution in [0.1, 0.15) is 20.3 Å². The lowest BCUT2D eigenvalue weighted by atomic mass is 10.1. The van der Waals surface area contributed by atoms with E-state index in [0.29, 0.717) is 0 Å². The third-order valence-corrected chi connectivity index (χ3v) is 2.61. The minimum atomic E-state index is 0.755. The van der Waals surface area contributed by atoms with Crippen LogP contribution in [0.5, 0.6) is 0 Å². The Morgan fingerprint density at radius 1 is 1.41 bits per heavy atom. The maximum atomic E-state index is 7.13. The number of pyridine rings is 1. The number of hydrogen-bond donors (Lipinski definition) is 0. The van der Waals surface area contributed by atoms with Crippen LogP contribution in [0.25, 0.3) is 0 Å². The van der Waals surface area contributed by atoms with E-state index in [0.717, 1.165) is 12.5 Å². The molecule has 1 aromatic heterocycles. The molecule has 1 unspecified atom stereocenters. The topological polar surface area (TPSA) is 30.9 Å². The minimum absolute atomic E-state index is 0.755. The molecule has 0 aliphatic rings. The van der Waals surface area contributed by atoms with Crippen LogP contribution in [0.15, 0.2) is 24.5 Å². The Kier molecular flexibility index (Phi) is 8.08. The standard InChI is InChI=1S/C12H21N2.CHNS/c1-5-11(2)10-14-8-6-12(7-9-14)13(3)4;2-1-3/h6-9,11H,5,10H2,1-4H3;3H/q+1;/p-1. The van der Waals surface area contributed by atoms with E-state index >= 15 is 0 Å². The maximum Gasteiger partial charge on any atom is 0.170 e. The summed E-state index contributed by atoms with van der Waals surface area (Å²) in [4.78, 5) is 2.12. The monoisotopic (exact) mass is 251 g/mol. The van der Waals surface area contributed by atoms with Gasteiger partial charge in [-0.05, 0) is 6.42 Å². The molecule has 4 heteroatoms. The SMILES string of the molecule is CCC(C)C[n+]1ccc(N(C)C)cc1.N#C[S-]. The summed E-state index contributed by atoms with van der Waals surface area (Å²) in [6.07, 6.45) is 5.55. The van der Waals surface area contributed by atoms with Crippen LogP contribution in [-0.4, -0.2) is 14.1 Å². The van der Waals surface area contributed by atoms with E-state index in [1.54, 1.807) is 0 Å². The van der Waals surface area contributed by atoms with Crippen molar-refractivity contribution in [1.82, 2.24) is 0 Å². The lowest BCUT2D eigenvalue weighted by Crippen LogP contribution is -2.36. The highest BCUT2D eigenvalue weighted by Gasteiger charge is 2.06. The Morgan fingerprint density at radius 2 is 1.88 bits per heavy atom. The predicted octanol–water partition coefficient (Wildman–Crippen LogP) is 2.10. The zero-order valence-electron chi connectivity index (χ0n) is 11.1. The smallest absolute Gasteiger partial charge is 0.170 e. The molecule has 0 aliphatic heterocycles. The van der Waals surface area contributed by atoms with Crippen LogP contribution in [0.2, 0.25) is 0 Å². The number of nitrogens with zero attached hydrogens (tertiary/aromatic N) is 3. The summed E-state index contributed by atoms with van der Waals surface area (Å²) in [5.41, 5.74) is 1.26. The van der Waals surface area contributed by atoms with Gasteiger partial charge in [-0.3, -0.25) is 0 Å². The maximum absolute atomic E-state index is 7.13. The third kappa shape index (κ3) is 6.75. The second-order valence-corrected chi connectivity index (χ2v) is 4.43. The van der Waals surface area contributed by atoms with Crippen molar-refractivity contribution in [2.75, 3.05) is 19.0 Å². The Balaban J connectivity index is 0.000000770. The number of thiocyanates is 1. The van der Waals surface area contributed by atoms with Gasteiger partial charge in [-0.25, -0.2) is 9.83 Å². The quantitative estimate of drug-likeness (QED) is 0.466. The van der Waals surface area contributed by atoms with Crippen LogP contribution < -0.4 is 9.47 Å². The zero-order chi connectivity index (χ0) is 13.3. The molecule has 0 N–H and O–H groups in total. The molecular weight excluding hydrogens is 230 g/mol. The Hall–Kier alpha value is -1.34. The highest BCUT2D eigenvalue weighted by Crippen LogP contribution is 2.07. The number of rotatable bonds is 4. The first-order chi connectivity index (χ1) is 8.04. The number of nitriles is 1. The normalized spacial score (nSPS) is 10.8. The molecule has 0 spiro atoms. The molecule has 0 amide bonds. The third-order valence-electron chi connectivity index (χ3n) is 2.61. The van der Waals surface area contributed by atoms with E-state index in [1.807, 2.05) is 0 Å². The van der Waals surface area contributed by atoms with Gasteiger partial charge >= 0.3 is 0 Å². The van der Waals surface area contributed by atoms with Crippen molar-refractivity contribution in [1.29, 1.82) is 5.26 Å². The molecule has 17 heavy (non-hydrogen) atoms. The van der Waals surface area contributed by atoms with Crippen molar-refractivity contribution in [2.24, 2.45) is 5.92 Å². The second-order valence-electron chi connectivity index (χ2n) is 4.25. The molecule has 0 aliphatic carbocycles. The molecule has 0 saturated carbocycles. The highest BCUT2D eigenvalue weighted by molar-refractivity contribution is 7.64. The van der Waals surface area contributed by atoms with Gasteiger partial charge in [-0.1, -0.05) is 19.2 Å². The molecule has 0 radical (unpaired) electrons. The van der Waals surface area contributed by atoms with Crippen LogP contribution in [0.3, 0.4) is 0 Å². The summed E-state index contributed by atoms with van der Waals surface area (Å²) < 4.78 is 2.25. The van der Waals surface area contributed by atoms with Gasteiger partial charge in [-0.15, -0.1) is 0 Å². The Morgan fingerprint density at radius 3 is 2.24 bits per heavy atom. The fourth-order valence-corrected chi connectivity index (χ4v) is 1.36. The molecule has 0 aromatic carbocycles. The van der Waals surface area contributed by atoms with E-state index in [1.165, 1.54) is 17.5 Å². The van der Waals surface area contributed by atoms with E-state index in [-0.39, 0.29) is 0 Å². The Labute approximate surface area is 110 Å². The van der Waals surface area contributed by atoms with Crippen molar-refractivity contribution < 1.29 is 4.57 Å². The molecule has 1 heterocycles. The Bertz CT molecular complexity index is 341. The zero-order valence-corrected chi connectivity index (χ0v) is 11.9. The summed E-state index contributed by atoms with van der Waals surface area (Å²) in [6, 6.07) is 4.31. The number of hydrogen-bond acceptors (Lipinski definition) is 3. The van der Waals surface area contributed by atoms with Crippen LogP contribution in [-0.2, 0) is 19.2 Å². The first-order valence-electron chi connectivity index (χ1n) is 5.72. The van der Waals surface area contributed by atoms with Crippen molar-refractivity contribution in [3.05, 3.63) is 24.5 Å². The lowest BCUT2D eigenvalue weighted by molar-refractivity contribution is -0.702. The van der Waals surface area contributed by atoms with Gasteiger partial charge in [0, 0.05) is 37.8 Å². The van der Waals surface area contributed by atoms with Gasteiger partial charge in [0.15, 0.2) is 18.9 Å². The van der Waals surface area contributed by atoms with E-state index in [2.05, 4.69) is 74.6 Å². The molecule has 94 valence electrons. The van der Waals surface area contributed by atoms with Gasteiger partial charge < -0.3 is 17.5 Å². The van der Waals surface area contributed by atoms with Crippen molar-refractivity contribution in [3.8, 4) is 5.40 Å². The largest absolute Gasteiger partial charge is 0.696 e. The fraction of sp³-hybridized carbons (Fsp3) is 0.538. The van der Waals surface area contributed by atoms with Gasteiger partial charge in [-0.2, -0.15) is 0 Å². The fourth-order valence-electron chi connectivity index (χ4n) is 1.36. The first-order valence-corrected chi connectivity index (χ1v) is 6.13. The highest BCUT2D eigenvalue weighted by atomic mass is 32.1. The van der Waals surface area contributed by atoms with Gasteiger partial charge in [0.05, 0.1) is 0 Å². The van der Waals surface area contributed by atoms with Gasteiger partial charge in [0.2, 0.25) is 0 Å². The number of anilines is 1. The van der Waals surface area contributed by atoms with Gasteiger partial charge in [0.25, 0.3) is 0 Å². The molecule has 1 atom stereocenters. The second kappa shape index (κ2) is 8.77. The molecule has 0 bridgehead atoms. The predicted molar refractivity (Wildman–Crippen MR) is 73.4 cm³/mol. The summed E-state index contributed by atoms with van der Waals surface area (Å²) in [6.45, 7) is 5.64.